The fourth-order valence-corrected chi connectivity index (χ4v) is 0.683. The van der Waals surface area contributed by atoms with Gasteiger partial charge in [0.25, 0.3) is 6.54 Å². The number of hydrogen-bond donors (Lipinski definition) is 0. The van der Waals surface area contributed by atoms with Crippen molar-refractivity contribution in [1.82, 2.24) is 0 Å². The second-order valence-corrected chi connectivity index (χ2v) is 2.45. The molecule has 1 aromatic rings. The highest BCUT2D eigenvalue weighted by atomic mass is 19.5. The van der Waals surface area contributed by atoms with Crippen LogP contribution in [0.1, 0.15) is 12.5 Å². The third kappa shape index (κ3) is 12.5. The smallest absolute Gasteiger partial charge is 0.418 e. The molecule has 0 heterocycles. The van der Waals surface area contributed by atoms with Gasteiger partial charge in [-0.15, -0.1) is 0 Å². The number of nitrogens with zero attached hydrogens (tertiary/aromatic N) is 1. The van der Waals surface area contributed by atoms with Gasteiger partial charge in [-0.05, 0) is 12.1 Å². The number of rotatable bonds is 0. The maximum absolute atomic E-state index is 9.75. The molecule has 0 aliphatic heterocycles. The van der Waals surface area contributed by atoms with E-state index in [-0.39, 0.29) is 0 Å². The molecule has 15 heavy (non-hydrogen) atoms. The maximum atomic E-state index is 9.75. The minimum atomic E-state index is -6.00. The van der Waals surface area contributed by atoms with Crippen molar-refractivity contribution in [2.24, 2.45) is 0 Å². The third-order valence-corrected chi connectivity index (χ3v) is 1.14. The van der Waals surface area contributed by atoms with Gasteiger partial charge in [-0.3, -0.25) is 0 Å². The Balaban J connectivity index is 0.000000336. The molecule has 0 amide bonds. The molecule has 0 saturated heterocycles. The highest BCUT2D eigenvalue weighted by molar-refractivity contribution is 6.50. The topological polar surface area (TPSA) is 4.36 Å². The predicted molar refractivity (Wildman–Crippen MR) is 53.5 cm³/mol. The monoisotopic (exact) mass is 219 g/mol. The van der Waals surface area contributed by atoms with Gasteiger partial charge in [0.15, 0.2) is 0 Å². The van der Waals surface area contributed by atoms with Crippen LogP contribution in [0.3, 0.4) is 0 Å². The Hall–Kier alpha value is -1.51. The summed E-state index contributed by atoms with van der Waals surface area (Å²) >= 11 is 0. The van der Waals surface area contributed by atoms with Crippen molar-refractivity contribution in [2.45, 2.75) is 6.92 Å². The highest BCUT2D eigenvalue weighted by Gasteiger charge is 2.20. The fourth-order valence-electron chi connectivity index (χ4n) is 0.683. The SMILES string of the molecule is CC[N+]#Cc1ccccc1.F[B-](F)(F)F. The molecule has 0 aromatic heterocycles. The van der Waals surface area contributed by atoms with Crippen molar-refractivity contribution in [3.8, 4) is 6.07 Å². The molecule has 1 nitrogen and oxygen atoms in total. The molecule has 1 aromatic carbocycles. The largest absolute Gasteiger partial charge is 0.673 e. The van der Waals surface area contributed by atoms with Crippen LogP contribution in [0.25, 0.3) is 4.85 Å². The fraction of sp³-hybridized carbons (Fsp3) is 0.222. The van der Waals surface area contributed by atoms with E-state index in [2.05, 4.69) is 10.9 Å². The standard InChI is InChI=1S/C9H10N.BF4/c1-2-10-8-9-6-4-3-5-7-9;2-1(3,4)5/h3-7H,2H2,1H3;/q+1;-1. The van der Waals surface area contributed by atoms with Crippen molar-refractivity contribution in [3.63, 3.8) is 0 Å². The Bertz CT molecular complexity index is 319. The van der Waals surface area contributed by atoms with Crippen LogP contribution in [0.4, 0.5) is 17.3 Å². The van der Waals surface area contributed by atoms with Gasteiger partial charge >= 0.3 is 13.3 Å². The molecule has 0 spiro atoms. The van der Waals surface area contributed by atoms with Crippen LogP contribution in [0, 0.1) is 6.07 Å². The second kappa shape index (κ2) is 6.88. The molecule has 0 saturated carbocycles. The van der Waals surface area contributed by atoms with Crippen molar-refractivity contribution in [2.75, 3.05) is 6.54 Å². The molecule has 0 unspecified atom stereocenters. The van der Waals surface area contributed by atoms with E-state index >= 15 is 0 Å². The summed E-state index contributed by atoms with van der Waals surface area (Å²) in [4.78, 5) is 3.99. The lowest BCUT2D eigenvalue weighted by Crippen LogP contribution is -2.02. The van der Waals surface area contributed by atoms with Crippen LogP contribution in [-0.4, -0.2) is 13.8 Å². The molecule has 0 N–H and O–H groups in total. The summed E-state index contributed by atoms with van der Waals surface area (Å²) < 4.78 is 39.0. The quantitative estimate of drug-likeness (QED) is 0.463. The first kappa shape index (κ1) is 13.5. The minimum Gasteiger partial charge on any atom is -0.418 e. The van der Waals surface area contributed by atoms with Crippen LogP contribution in [0.5, 0.6) is 0 Å². The summed E-state index contributed by atoms with van der Waals surface area (Å²) in [5.74, 6) is 0. The Morgan fingerprint density at radius 2 is 1.60 bits per heavy atom. The molecular weight excluding hydrogens is 209 g/mol. The van der Waals surface area contributed by atoms with Gasteiger partial charge in [-0.25, -0.2) is 0 Å². The number of halogens is 4. The Morgan fingerprint density at radius 3 is 2.00 bits per heavy atom. The molecule has 0 atom stereocenters. The lowest BCUT2D eigenvalue weighted by molar-refractivity contribution is 0.368. The van der Waals surface area contributed by atoms with E-state index in [9.17, 15) is 17.3 Å². The Morgan fingerprint density at radius 1 is 1.13 bits per heavy atom. The van der Waals surface area contributed by atoms with Crippen LogP contribution in [-0.2, 0) is 0 Å². The summed E-state index contributed by atoms with van der Waals surface area (Å²) in [5.41, 5.74) is 1.05. The molecule has 0 bridgehead atoms. The summed E-state index contributed by atoms with van der Waals surface area (Å²) in [7, 11) is -6.00. The molecule has 0 aliphatic rings. The summed E-state index contributed by atoms with van der Waals surface area (Å²) in [6, 6.07) is 12.8. The van der Waals surface area contributed by atoms with Crippen LogP contribution >= 0.6 is 0 Å². The van der Waals surface area contributed by atoms with Crippen molar-refractivity contribution in [3.05, 3.63) is 40.7 Å². The normalized spacial score (nSPS) is 9.40. The summed E-state index contributed by atoms with van der Waals surface area (Å²) in [6.45, 7) is 2.80. The zero-order chi connectivity index (χ0) is 11.7. The van der Waals surface area contributed by atoms with Gasteiger partial charge < -0.3 is 17.3 Å². The predicted octanol–water partition coefficient (Wildman–Crippen LogP) is 3.69. The third-order valence-electron chi connectivity index (χ3n) is 1.14. The van der Waals surface area contributed by atoms with E-state index in [0.717, 1.165) is 12.1 Å². The van der Waals surface area contributed by atoms with Gasteiger partial charge in [0.2, 0.25) is 0 Å². The van der Waals surface area contributed by atoms with E-state index in [1.807, 2.05) is 37.3 Å². The molecule has 82 valence electrons. The van der Waals surface area contributed by atoms with Gasteiger partial charge in [0.05, 0.1) is 0 Å². The first-order valence-electron chi connectivity index (χ1n) is 4.28. The molecular formula is C9H10BF4N. The number of benzene rings is 1. The lowest BCUT2D eigenvalue weighted by Gasteiger charge is -1.94. The van der Waals surface area contributed by atoms with Gasteiger partial charge in [0, 0.05) is 6.92 Å². The minimum absolute atomic E-state index is 0.800. The average molecular weight is 219 g/mol. The molecule has 0 radical (unpaired) electrons. The summed E-state index contributed by atoms with van der Waals surface area (Å²) in [5, 5.41) is 0. The van der Waals surface area contributed by atoms with Crippen molar-refractivity contribution >= 4 is 7.25 Å². The van der Waals surface area contributed by atoms with E-state index in [4.69, 9.17) is 0 Å². The average Bonchev–Trinajstić information content (AvgIpc) is 2.14. The highest BCUT2D eigenvalue weighted by Crippen LogP contribution is 2.06. The van der Waals surface area contributed by atoms with Crippen molar-refractivity contribution < 1.29 is 17.3 Å². The number of hydrogen-bond acceptors (Lipinski definition) is 0. The van der Waals surface area contributed by atoms with Crippen LogP contribution in [0.15, 0.2) is 30.3 Å². The summed E-state index contributed by atoms with van der Waals surface area (Å²) in [6.07, 6.45) is 0. The van der Waals surface area contributed by atoms with Crippen molar-refractivity contribution in [1.29, 1.82) is 0 Å². The lowest BCUT2D eigenvalue weighted by atomic mass is 10.2. The first-order valence-corrected chi connectivity index (χ1v) is 4.28. The van der Waals surface area contributed by atoms with Gasteiger partial charge in [0.1, 0.15) is 5.56 Å². The zero-order valence-electron chi connectivity index (χ0n) is 8.13. The van der Waals surface area contributed by atoms with E-state index in [1.54, 1.807) is 0 Å². The van der Waals surface area contributed by atoms with Gasteiger partial charge in [-0.2, -0.15) is 0 Å². The Labute approximate surface area is 85.7 Å². The second-order valence-electron chi connectivity index (χ2n) is 2.45. The van der Waals surface area contributed by atoms with E-state index in [1.165, 1.54) is 0 Å². The van der Waals surface area contributed by atoms with Crippen LogP contribution in [0.2, 0.25) is 0 Å². The van der Waals surface area contributed by atoms with E-state index in [0.29, 0.717) is 0 Å². The molecule has 1 rings (SSSR count). The molecule has 0 aliphatic carbocycles. The Kier molecular flexibility index (Phi) is 6.19. The first-order chi connectivity index (χ1) is 6.93. The van der Waals surface area contributed by atoms with E-state index < -0.39 is 7.25 Å². The van der Waals surface area contributed by atoms with Gasteiger partial charge in [-0.1, -0.05) is 23.0 Å². The zero-order valence-corrected chi connectivity index (χ0v) is 8.13. The molecule has 6 heteroatoms. The maximum Gasteiger partial charge on any atom is 0.673 e. The molecule has 0 fully saturated rings. The van der Waals surface area contributed by atoms with Crippen LogP contribution < -0.4 is 0 Å².